The Balaban J connectivity index is 3.14. The number of hydrogen-bond donors (Lipinski definition) is 1. The molecule has 0 saturated heterocycles. The van der Waals surface area contributed by atoms with E-state index in [1.807, 2.05) is 0 Å². The predicted molar refractivity (Wildman–Crippen MR) is 54.9 cm³/mol. The summed E-state index contributed by atoms with van der Waals surface area (Å²) in [5.74, 6) is -2.48. The fourth-order valence-corrected chi connectivity index (χ4v) is 1.20. The van der Waals surface area contributed by atoms with Crippen molar-refractivity contribution in [2.24, 2.45) is 0 Å². The Hall–Kier alpha value is -2.19. The van der Waals surface area contributed by atoms with Crippen LogP contribution in [0.25, 0.3) is 0 Å². The highest BCUT2D eigenvalue weighted by molar-refractivity contribution is 5.73. The molecular formula is C10H10F3NO5. The Morgan fingerprint density at radius 2 is 2.05 bits per heavy atom. The van der Waals surface area contributed by atoms with E-state index < -0.39 is 30.4 Å². The zero-order valence-corrected chi connectivity index (χ0v) is 9.95. The molecule has 0 aliphatic rings. The van der Waals surface area contributed by atoms with Gasteiger partial charge in [0.1, 0.15) is 5.69 Å². The molecule has 0 aliphatic heterocycles. The number of aromatic hydroxyl groups is 1. The number of rotatable bonds is 4. The molecule has 1 N–H and O–H groups in total. The van der Waals surface area contributed by atoms with Crippen LogP contribution in [0, 0.1) is 0 Å². The number of nitrogens with zero attached hydrogens (tertiary/aromatic N) is 1. The van der Waals surface area contributed by atoms with Crippen LogP contribution < -0.4 is 9.47 Å². The maximum Gasteiger partial charge on any atom is 0.574 e. The van der Waals surface area contributed by atoms with Crippen LogP contribution in [0.15, 0.2) is 6.07 Å². The van der Waals surface area contributed by atoms with Gasteiger partial charge >= 0.3 is 12.3 Å². The van der Waals surface area contributed by atoms with Crippen molar-refractivity contribution in [3.05, 3.63) is 11.8 Å². The van der Waals surface area contributed by atoms with Crippen molar-refractivity contribution in [2.45, 2.75) is 12.8 Å². The van der Waals surface area contributed by atoms with E-state index in [1.165, 1.54) is 0 Å². The van der Waals surface area contributed by atoms with E-state index in [4.69, 9.17) is 0 Å². The van der Waals surface area contributed by atoms with E-state index in [2.05, 4.69) is 19.2 Å². The van der Waals surface area contributed by atoms with Gasteiger partial charge in [0.15, 0.2) is 11.5 Å². The number of esters is 1. The van der Waals surface area contributed by atoms with Gasteiger partial charge in [-0.2, -0.15) is 0 Å². The van der Waals surface area contributed by atoms with Gasteiger partial charge < -0.3 is 19.3 Å². The smallest absolute Gasteiger partial charge is 0.503 e. The number of carbonyl (C=O) groups is 1. The standard InChI is InChI=1S/C10H10F3NO5/c1-17-6-4-7(19-10(11,12)13)14-5(9(6)16)3-8(15)18-2/h4,16H,3H2,1-2H3. The summed E-state index contributed by atoms with van der Waals surface area (Å²) < 4.78 is 48.8. The van der Waals surface area contributed by atoms with E-state index in [0.29, 0.717) is 0 Å². The molecule has 0 spiro atoms. The number of methoxy groups -OCH3 is 2. The van der Waals surface area contributed by atoms with E-state index in [1.54, 1.807) is 0 Å². The molecule has 1 aromatic heterocycles. The van der Waals surface area contributed by atoms with Gasteiger partial charge in [-0.15, -0.1) is 13.2 Å². The van der Waals surface area contributed by atoms with Gasteiger partial charge in [0.2, 0.25) is 5.88 Å². The number of carbonyl (C=O) groups excluding carboxylic acids is 1. The van der Waals surface area contributed by atoms with Gasteiger partial charge in [0, 0.05) is 6.07 Å². The third-order valence-electron chi connectivity index (χ3n) is 1.99. The maximum absolute atomic E-state index is 12.1. The van der Waals surface area contributed by atoms with Gasteiger partial charge in [-0.1, -0.05) is 0 Å². The molecule has 1 rings (SSSR count). The molecule has 1 heterocycles. The molecule has 0 bridgehead atoms. The minimum absolute atomic E-state index is 0.298. The third kappa shape index (κ3) is 4.19. The zero-order chi connectivity index (χ0) is 14.6. The Morgan fingerprint density at radius 1 is 1.42 bits per heavy atom. The van der Waals surface area contributed by atoms with Crippen molar-refractivity contribution in [3.63, 3.8) is 0 Å². The highest BCUT2D eigenvalue weighted by atomic mass is 19.4. The van der Waals surface area contributed by atoms with Gasteiger partial charge in [0.05, 0.1) is 20.6 Å². The first-order valence-electron chi connectivity index (χ1n) is 4.86. The van der Waals surface area contributed by atoms with E-state index in [9.17, 15) is 23.1 Å². The van der Waals surface area contributed by atoms with E-state index in [-0.39, 0.29) is 11.4 Å². The second-order valence-corrected chi connectivity index (χ2v) is 3.26. The number of aromatic nitrogens is 1. The average Bonchev–Trinajstić information content (AvgIpc) is 2.30. The molecule has 0 saturated carbocycles. The molecule has 0 aromatic carbocycles. The molecule has 0 aliphatic carbocycles. The van der Waals surface area contributed by atoms with Crippen LogP contribution in [-0.4, -0.2) is 36.6 Å². The van der Waals surface area contributed by atoms with E-state index >= 15 is 0 Å². The molecule has 0 amide bonds. The molecule has 9 heteroatoms. The molecule has 1 aromatic rings. The SMILES string of the molecule is COC(=O)Cc1nc(OC(F)(F)F)cc(OC)c1O. The summed E-state index contributed by atoms with van der Waals surface area (Å²) in [6.07, 6.45) is -5.47. The van der Waals surface area contributed by atoms with Gasteiger partial charge in [-0.25, -0.2) is 4.98 Å². The van der Waals surface area contributed by atoms with Gasteiger partial charge in [-0.3, -0.25) is 4.79 Å². The molecular weight excluding hydrogens is 271 g/mol. The van der Waals surface area contributed by atoms with Crippen molar-refractivity contribution in [2.75, 3.05) is 14.2 Å². The van der Waals surface area contributed by atoms with Crippen molar-refractivity contribution in [1.29, 1.82) is 0 Å². The Labute approximate surface area is 105 Å². The predicted octanol–water partition coefficient (Wildman–Crippen LogP) is 1.41. The Kier molecular flexibility index (Phi) is 4.41. The first kappa shape index (κ1) is 14.9. The minimum atomic E-state index is -4.95. The lowest BCUT2D eigenvalue weighted by Crippen LogP contribution is -2.18. The van der Waals surface area contributed by atoms with Crippen LogP contribution >= 0.6 is 0 Å². The monoisotopic (exact) mass is 281 g/mol. The lowest BCUT2D eigenvalue weighted by molar-refractivity contribution is -0.276. The van der Waals surface area contributed by atoms with Crippen LogP contribution in [0.1, 0.15) is 5.69 Å². The normalized spacial score (nSPS) is 11.0. The highest BCUT2D eigenvalue weighted by Crippen LogP contribution is 2.34. The topological polar surface area (TPSA) is 77.9 Å². The van der Waals surface area contributed by atoms with Crippen molar-refractivity contribution < 1.29 is 37.3 Å². The van der Waals surface area contributed by atoms with Gasteiger partial charge in [0.25, 0.3) is 0 Å². The first-order chi connectivity index (χ1) is 8.76. The second kappa shape index (κ2) is 5.63. The summed E-state index contributed by atoms with van der Waals surface area (Å²) in [5, 5.41) is 9.62. The molecule has 0 atom stereocenters. The number of hydrogen-bond acceptors (Lipinski definition) is 6. The van der Waals surface area contributed by atoms with Gasteiger partial charge in [-0.05, 0) is 0 Å². The zero-order valence-electron chi connectivity index (χ0n) is 9.95. The van der Waals surface area contributed by atoms with Crippen LogP contribution in [0.3, 0.4) is 0 Å². The molecule has 0 unspecified atom stereocenters. The summed E-state index contributed by atoms with van der Waals surface area (Å²) in [5.41, 5.74) is -0.342. The van der Waals surface area contributed by atoms with Crippen molar-refractivity contribution in [1.82, 2.24) is 4.98 Å². The third-order valence-corrected chi connectivity index (χ3v) is 1.99. The number of pyridine rings is 1. The number of alkyl halides is 3. The summed E-state index contributed by atoms with van der Waals surface area (Å²) in [6.45, 7) is 0. The van der Waals surface area contributed by atoms with E-state index in [0.717, 1.165) is 20.3 Å². The van der Waals surface area contributed by atoms with Crippen LogP contribution in [0.2, 0.25) is 0 Å². The maximum atomic E-state index is 12.1. The number of ether oxygens (including phenoxy) is 3. The summed E-state index contributed by atoms with van der Waals surface area (Å²) in [6, 6.07) is 0.754. The highest BCUT2D eigenvalue weighted by Gasteiger charge is 2.32. The van der Waals surface area contributed by atoms with Crippen LogP contribution in [-0.2, 0) is 16.0 Å². The lowest BCUT2D eigenvalue weighted by atomic mass is 10.2. The number of halogens is 3. The van der Waals surface area contributed by atoms with Crippen molar-refractivity contribution in [3.8, 4) is 17.4 Å². The fourth-order valence-electron chi connectivity index (χ4n) is 1.20. The second-order valence-electron chi connectivity index (χ2n) is 3.26. The quantitative estimate of drug-likeness (QED) is 0.841. The minimum Gasteiger partial charge on any atom is -0.503 e. The molecule has 106 valence electrons. The Morgan fingerprint density at radius 3 is 2.53 bits per heavy atom. The van der Waals surface area contributed by atoms with Crippen molar-refractivity contribution >= 4 is 5.97 Å². The Bertz CT molecular complexity index is 475. The molecule has 19 heavy (non-hydrogen) atoms. The summed E-state index contributed by atoms with van der Waals surface area (Å²) in [7, 11) is 2.22. The fraction of sp³-hybridized carbons (Fsp3) is 0.400. The average molecular weight is 281 g/mol. The summed E-state index contributed by atoms with van der Waals surface area (Å²) >= 11 is 0. The summed E-state index contributed by atoms with van der Waals surface area (Å²) in [4.78, 5) is 14.4. The van der Waals surface area contributed by atoms with Crippen LogP contribution in [0.4, 0.5) is 13.2 Å². The molecule has 0 radical (unpaired) electrons. The van der Waals surface area contributed by atoms with Crippen LogP contribution in [0.5, 0.6) is 17.4 Å². The first-order valence-corrected chi connectivity index (χ1v) is 4.86. The molecule has 6 nitrogen and oxygen atoms in total. The lowest BCUT2D eigenvalue weighted by Gasteiger charge is -2.12. The molecule has 0 fully saturated rings. The largest absolute Gasteiger partial charge is 0.574 e.